The van der Waals surface area contributed by atoms with Gasteiger partial charge in [0.25, 0.3) is 0 Å². The molecule has 0 saturated heterocycles. The lowest BCUT2D eigenvalue weighted by molar-refractivity contribution is 0.103. The quantitative estimate of drug-likeness (QED) is 0.629. The van der Waals surface area contributed by atoms with Crippen LogP contribution in [0, 0.1) is 2.88 Å². The minimum Gasteiger partial charge on any atom is -0.287 e. The number of hydrogen-bond donors (Lipinski definition) is 0. The van der Waals surface area contributed by atoms with Gasteiger partial charge in [-0.2, -0.15) is 5.10 Å². The zero-order valence-corrected chi connectivity index (χ0v) is 10.4. The Labute approximate surface area is 98.9 Å². The monoisotopic (exact) mass is 318 g/mol. The third kappa shape index (κ3) is 1.74. The third-order valence-electron chi connectivity index (χ3n) is 1.88. The van der Waals surface area contributed by atoms with E-state index in [0.29, 0.717) is 5.69 Å². The Morgan fingerprint density at radius 3 is 2.93 bits per heavy atom. The fourth-order valence-electron chi connectivity index (χ4n) is 1.17. The maximum Gasteiger partial charge on any atom is 0.211 e. The van der Waals surface area contributed by atoms with Crippen molar-refractivity contribution < 1.29 is 4.79 Å². The van der Waals surface area contributed by atoms with Gasteiger partial charge in [0.2, 0.25) is 5.78 Å². The largest absolute Gasteiger partial charge is 0.287 e. The molecule has 0 N–H and O–H groups in total. The van der Waals surface area contributed by atoms with Crippen LogP contribution in [0.4, 0.5) is 0 Å². The Bertz CT molecular complexity index is 475. The second-order valence-corrected chi connectivity index (χ2v) is 5.61. The molecule has 3 nitrogen and oxygen atoms in total. The minimum atomic E-state index is 0.0316. The number of aryl methyl sites for hydroxylation is 1. The van der Waals surface area contributed by atoms with Crippen LogP contribution in [0.1, 0.15) is 16.1 Å². The maximum atomic E-state index is 11.9. The molecule has 0 bridgehead atoms. The number of thiophene rings is 1. The molecule has 0 atom stereocenters. The number of carbonyl (C=O) groups excluding carboxylic acids is 1. The first-order chi connectivity index (χ1) is 6.68. The third-order valence-corrected chi connectivity index (χ3v) is 3.67. The summed E-state index contributed by atoms with van der Waals surface area (Å²) < 4.78 is 2.71. The summed E-state index contributed by atoms with van der Waals surface area (Å²) in [6, 6.07) is 3.62. The molecule has 14 heavy (non-hydrogen) atoms. The number of carbonyl (C=O) groups is 1. The molecule has 0 aliphatic rings. The highest BCUT2D eigenvalue weighted by molar-refractivity contribution is 14.1. The number of rotatable bonds is 2. The van der Waals surface area contributed by atoms with Gasteiger partial charge in [0.05, 0.1) is 2.88 Å². The number of halogens is 1. The van der Waals surface area contributed by atoms with Gasteiger partial charge in [-0.15, -0.1) is 11.3 Å². The van der Waals surface area contributed by atoms with Crippen molar-refractivity contribution in [1.29, 1.82) is 0 Å². The Morgan fingerprint density at radius 1 is 1.64 bits per heavy atom. The van der Waals surface area contributed by atoms with E-state index in [1.54, 1.807) is 35.3 Å². The van der Waals surface area contributed by atoms with Crippen LogP contribution in [0.3, 0.4) is 0 Å². The lowest BCUT2D eigenvalue weighted by Gasteiger charge is -1.97. The lowest BCUT2D eigenvalue weighted by Crippen LogP contribution is -2.07. The molecule has 2 rings (SSSR count). The summed E-state index contributed by atoms with van der Waals surface area (Å²) in [5.41, 5.74) is 1.36. The molecule has 0 amide bonds. The highest BCUT2D eigenvalue weighted by Gasteiger charge is 2.13. The predicted octanol–water partition coefficient (Wildman–Crippen LogP) is 2.32. The molecule has 72 valence electrons. The van der Waals surface area contributed by atoms with Crippen molar-refractivity contribution in [2.45, 2.75) is 0 Å². The molecule has 0 radical (unpaired) electrons. The lowest BCUT2D eigenvalue weighted by atomic mass is 10.2. The second kappa shape index (κ2) is 3.82. The average Bonchev–Trinajstić information content (AvgIpc) is 2.73. The van der Waals surface area contributed by atoms with Crippen molar-refractivity contribution in [2.75, 3.05) is 0 Å². The van der Waals surface area contributed by atoms with Crippen molar-refractivity contribution in [3.8, 4) is 0 Å². The van der Waals surface area contributed by atoms with Crippen molar-refractivity contribution in [2.24, 2.45) is 7.05 Å². The standard InChI is InChI=1S/C9H7IN2OS/c1-12-7(2-3-11-12)9(13)6-4-8(10)14-5-6/h2-5H,1H3. The molecule has 2 aromatic heterocycles. The predicted molar refractivity (Wildman–Crippen MR) is 63.7 cm³/mol. The van der Waals surface area contributed by atoms with E-state index in [9.17, 15) is 4.79 Å². The molecule has 0 saturated carbocycles. The van der Waals surface area contributed by atoms with Crippen LogP contribution in [0.5, 0.6) is 0 Å². The first-order valence-corrected chi connectivity index (χ1v) is 5.91. The zero-order chi connectivity index (χ0) is 10.1. The summed E-state index contributed by atoms with van der Waals surface area (Å²) in [4.78, 5) is 11.9. The summed E-state index contributed by atoms with van der Waals surface area (Å²) in [6.07, 6.45) is 1.63. The summed E-state index contributed by atoms with van der Waals surface area (Å²) in [6.45, 7) is 0. The van der Waals surface area contributed by atoms with Gasteiger partial charge in [-0.05, 0) is 34.7 Å². The molecule has 5 heteroatoms. The summed E-state index contributed by atoms with van der Waals surface area (Å²) in [5, 5.41) is 5.84. The zero-order valence-electron chi connectivity index (χ0n) is 7.40. The molecule has 0 aliphatic carbocycles. The highest BCUT2D eigenvalue weighted by atomic mass is 127. The van der Waals surface area contributed by atoms with Crippen LogP contribution < -0.4 is 0 Å². The van der Waals surface area contributed by atoms with Crippen molar-refractivity contribution in [3.05, 3.63) is 37.9 Å². The average molecular weight is 318 g/mol. The van der Waals surface area contributed by atoms with Gasteiger partial charge in [0.1, 0.15) is 5.69 Å². The van der Waals surface area contributed by atoms with Crippen LogP contribution in [-0.2, 0) is 7.05 Å². The van der Waals surface area contributed by atoms with Crippen molar-refractivity contribution >= 4 is 39.7 Å². The Balaban J connectivity index is 2.38. The van der Waals surface area contributed by atoms with E-state index in [4.69, 9.17) is 0 Å². The summed E-state index contributed by atoms with van der Waals surface area (Å²) >= 11 is 3.78. The van der Waals surface area contributed by atoms with E-state index in [-0.39, 0.29) is 5.78 Å². The van der Waals surface area contributed by atoms with Crippen LogP contribution in [0.15, 0.2) is 23.7 Å². The molecule has 0 unspecified atom stereocenters. The van der Waals surface area contributed by atoms with Gasteiger partial charge in [-0.1, -0.05) is 0 Å². The van der Waals surface area contributed by atoms with E-state index >= 15 is 0 Å². The Kier molecular flexibility index (Phi) is 2.69. The molecule has 0 aromatic carbocycles. The smallest absolute Gasteiger partial charge is 0.211 e. The van der Waals surface area contributed by atoms with Gasteiger partial charge < -0.3 is 0 Å². The maximum absolute atomic E-state index is 11.9. The highest BCUT2D eigenvalue weighted by Crippen LogP contribution is 2.19. The number of ketones is 1. The van der Waals surface area contributed by atoms with Gasteiger partial charge in [-0.25, -0.2) is 0 Å². The Hall–Kier alpha value is -0.690. The minimum absolute atomic E-state index is 0.0316. The number of aromatic nitrogens is 2. The van der Waals surface area contributed by atoms with Crippen molar-refractivity contribution in [1.82, 2.24) is 9.78 Å². The van der Waals surface area contributed by atoms with Crippen LogP contribution in [0.25, 0.3) is 0 Å². The van der Waals surface area contributed by atoms with E-state index in [1.807, 2.05) is 11.4 Å². The first kappa shape index (κ1) is 9.85. The van der Waals surface area contributed by atoms with Gasteiger partial charge in [0, 0.05) is 24.2 Å². The fourth-order valence-corrected chi connectivity index (χ4v) is 2.50. The number of hydrogen-bond acceptors (Lipinski definition) is 3. The molecule has 2 aromatic rings. The fraction of sp³-hybridized carbons (Fsp3) is 0.111. The molecule has 0 fully saturated rings. The van der Waals surface area contributed by atoms with E-state index in [1.165, 1.54) is 0 Å². The van der Waals surface area contributed by atoms with Gasteiger partial charge >= 0.3 is 0 Å². The topological polar surface area (TPSA) is 34.9 Å². The molecule has 0 spiro atoms. The van der Waals surface area contributed by atoms with Crippen LogP contribution in [0.2, 0.25) is 0 Å². The normalized spacial score (nSPS) is 10.4. The van der Waals surface area contributed by atoms with E-state index in [2.05, 4.69) is 27.7 Å². The SMILES string of the molecule is Cn1nccc1C(=O)c1csc(I)c1. The summed E-state index contributed by atoms with van der Waals surface area (Å²) in [5.74, 6) is 0.0316. The Morgan fingerprint density at radius 2 is 2.43 bits per heavy atom. The van der Waals surface area contributed by atoms with Crippen LogP contribution in [-0.4, -0.2) is 15.6 Å². The molecule has 2 heterocycles. The second-order valence-electron chi connectivity index (χ2n) is 2.81. The van der Waals surface area contributed by atoms with E-state index < -0.39 is 0 Å². The van der Waals surface area contributed by atoms with Crippen molar-refractivity contribution in [3.63, 3.8) is 0 Å². The van der Waals surface area contributed by atoms with Gasteiger partial charge in [0.15, 0.2) is 0 Å². The summed E-state index contributed by atoms with van der Waals surface area (Å²) in [7, 11) is 1.77. The molecular formula is C9H7IN2OS. The van der Waals surface area contributed by atoms with E-state index in [0.717, 1.165) is 8.45 Å². The number of nitrogens with zero attached hydrogens (tertiary/aromatic N) is 2. The first-order valence-electron chi connectivity index (χ1n) is 3.95. The molecular weight excluding hydrogens is 311 g/mol. The van der Waals surface area contributed by atoms with Gasteiger partial charge in [-0.3, -0.25) is 9.48 Å². The molecule has 0 aliphatic heterocycles. The van der Waals surface area contributed by atoms with Crippen LogP contribution >= 0.6 is 33.9 Å².